The average molecular weight is 431 g/mol. The number of imidazole rings is 1. The summed E-state index contributed by atoms with van der Waals surface area (Å²) in [5, 5.41) is 1.09. The molecule has 3 aromatic heterocycles. The molecule has 0 saturated heterocycles. The molecule has 1 aliphatic carbocycles. The van der Waals surface area contributed by atoms with Crippen LogP contribution in [-0.2, 0) is 18.9 Å². The Morgan fingerprint density at radius 2 is 1.94 bits per heavy atom. The summed E-state index contributed by atoms with van der Waals surface area (Å²) in [5.74, 6) is 0.162. The number of ketones is 1. The van der Waals surface area contributed by atoms with Gasteiger partial charge in [0.25, 0.3) is 0 Å². The monoisotopic (exact) mass is 430 g/mol. The highest BCUT2D eigenvalue weighted by Gasteiger charge is 2.38. The van der Waals surface area contributed by atoms with E-state index < -0.39 is 0 Å². The zero-order valence-corrected chi connectivity index (χ0v) is 18.9. The van der Waals surface area contributed by atoms with Gasteiger partial charge in [0.2, 0.25) is 0 Å². The van der Waals surface area contributed by atoms with Crippen LogP contribution in [0.2, 0.25) is 0 Å². The number of benzene rings is 1. The minimum atomic E-state index is 0.0507. The number of carbonyl (C=O) groups excluding carboxylic acids is 1. The van der Waals surface area contributed by atoms with Gasteiger partial charge in [-0.15, -0.1) is 11.3 Å². The summed E-state index contributed by atoms with van der Waals surface area (Å²) in [4.78, 5) is 27.2. The Hall–Kier alpha value is -2.86. The van der Waals surface area contributed by atoms with Crippen LogP contribution in [0.5, 0.6) is 0 Å². The minimum Gasteiger partial charge on any atom is -0.334 e. The van der Waals surface area contributed by atoms with E-state index >= 15 is 0 Å². The second-order valence-electron chi connectivity index (χ2n) is 9.03. The average Bonchev–Trinajstić information content (AvgIpc) is 3.18. The lowest BCUT2D eigenvalue weighted by atomic mass is 9.97. The fourth-order valence-corrected chi connectivity index (χ4v) is 4.98. The molecule has 0 aliphatic heterocycles. The molecule has 1 fully saturated rings. The maximum Gasteiger partial charge on any atom is 0.181 e. The molecule has 5 rings (SSSR count). The number of nitrogens with zero attached hydrogens (tertiary/aromatic N) is 4. The van der Waals surface area contributed by atoms with Crippen molar-refractivity contribution < 1.29 is 4.79 Å². The van der Waals surface area contributed by atoms with E-state index in [1.54, 1.807) is 23.9 Å². The Balaban J connectivity index is 1.24. The van der Waals surface area contributed by atoms with E-state index in [2.05, 4.69) is 53.1 Å². The first kappa shape index (κ1) is 20.1. The smallest absolute Gasteiger partial charge is 0.181 e. The van der Waals surface area contributed by atoms with Crippen LogP contribution in [0.3, 0.4) is 0 Å². The van der Waals surface area contributed by atoms with Gasteiger partial charge >= 0.3 is 0 Å². The van der Waals surface area contributed by atoms with Gasteiger partial charge in [-0.2, -0.15) is 0 Å². The summed E-state index contributed by atoms with van der Waals surface area (Å²) in [5.41, 5.74) is 5.36. The molecule has 5 nitrogen and oxygen atoms in total. The number of fused-ring (bicyclic) bond motifs is 1. The molecule has 0 N–H and O–H groups in total. The molecule has 1 unspecified atom stereocenters. The zero-order valence-electron chi connectivity index (χ0n) is 18.1. The van der Waals surface area contributed by atoms with E-state index in [4.69, 9.17) is 0 Å². The van der Waals surface area contributed by atoms with E-state index in [9.17, 15) is 4.79 Å². The van der Waals surface area contributed by atoms with Crippen LogP contribution in [-0.4, -0.2) is 25.3 Å². The van der Waals surface area contributed by atoms with Crippen LogP contribution >= 0.6 is 11.3 Å². The van der Waals surface area contributed by atoms with Gasteiger partial charge in [0, 0.05) is 31.0 Å². The number of pyridine rings is 1. The van der Waals surface area contributed by atoms with Crippen LogP contribution < -0.4 is 0 Å². The van der Waals surface area contributed by atoms with Crippen molar-refractivity contribution in [3.63, 3.8) is 0 Å². The summed E-state index contributed by atoms with van der Waals surface area (Å²) in [6, 6.07) is 10.8. The summed E-state index contributed by atoms with van der Waals surface area (Å²) >= 11 is 1.70. The first-order chi connectivity index (χ1) is 14.9. The highest BCUT2D eigenvalue weighted by Crippen LogP contribution is 2.47. The first-order valence-corrected chi connectivity index (χ1v) is 11.6. The fourth-order valence-electron chi connectivity index (χ4n) is 3.98. The molecule has 31 heavy (non-hydrogen) atoms. The molecule has 4 aromatic rings. The second-order valence-corrected chi connectivity index (χ2v) is 10.2. The molecule has 0 bridgehead atoms. The zero-order chi connectivity index (χ0) is 21.6. The quantitative estimate of drug-likeness (QED) is 0.366. The third-order valence-electron chi connectivity index (χ3n) is 6.45. The van der Waals surface area contributed by atoms with Crippen molar-refractivity contribution in [3.8, 4) is 0 Å². The largest absolute Gasteiger partial charge is 0.334 e. The van der Waals surface area contributed by atoms with Gasteiger partial charge in [0.05, 0.1) is 23.0 Å². The maximum atomic E-state index is 12.8. The van der Waals surface area contributed by atoms with Crippen LogP contribution in [0.4, 0.5) is 0 Å². The third kappa shape index (κ3) is 4.04. The van der Waals surface area contributed by atoms with Gasteiger partial charge in [0.15, 0.2) is 5.78 Å². The Morgan fingerprint density at radius 1 is 1.16 bits per heavy atom. The predicted molar refractivity (Wildman–Crippen MR) is 124 cm³/mol. The molecule has 1 aliphatic rings. The van der Waals surface area contributed by atoms with E-state index in [-0.39, 0.29) is 11.7 Å². The maximum absolute atomic E-state index is 12.8. The molecule has 3 heterocycles. The van der Waals surface area contributed by atoms with Gasteiger partial charge in [-0.1, -0.05) is 38.1 Å². The molecule has 6 heteroatoms. The summed E-state index contributed by atoms with van der Waals surface area (Å²) in [6.07, 6.45) is 9.19. The number of hydrogen-bond donors (Lipinski definition) is 0. The Morgan fingerprint density at radius 3 is 2.68 bits per heavy atom. The molecule has 0 amide bonds. The van der Waals surface area contributed by atoms with E-state index in [0.717, 1.165) is 27.3 Å². The summed E-state index contributed by atoms with van der Waals surface area (Å²) < 4.78 is 1.91. The summed E-state index contributed by atoms with van der Waals surface area (Å²) in [7, 11) is 1.92. The highest BCUT2D eigenvalue weighted by atomic mass is 32.1. The number of aryl methyl sites for hydroxylation is 1. The van der Waals surface area contributed by atoms with Gasteiger partial charge in [0.1, 0.15) is 11.2 Å². The normalized spacial score (nSPS) is 15.8. The Kier molecular flexibility index (Phi) is 4.97. The number of Topliss-reactive ketones (excluding diaryl/α,β-unsaturated/α-hetero) is 1. The highest BCUT2D eigenvalue weighted by molar-refractivity contribution is 7.11. The van der Waals surface area contributed by atoms with E-state index in [1.807, 2.05) is 23.9 Å². The van der Waals surface area contributed by atoms with Crippen LogP contribution in [0.25, 0.3) is 11.0 Å². The second kappa shape index (κ2) is 7.68. The van der Waals surface area contributed by atoms with Crippen molar-refractivity contribution in [2.24, 2.45) is 7.05 Å². The predicted octanol–water partition coefficient (Wildman–Crippen LogP) is 5.44. The topological polar surface area (TPSA) is 60.7 Å². The molecular formula is C25H26N4OS. The van der Waals surface area contributed by atoms with Crippen molar-refractivity contribution in [2.45, 2.75) is 50.9 Å². The molecular weight excluding hydrogens is 404 g/mol. The molecule has 0 radical (unpaired) electrons. The standard InChI is InChI=1S/C25H26N4OS/c1-16(10-22(30)19-12-21-20(13-26-19)28-15-29(21)3)23-14-27-24(31-23)11-17-4-6-18(7-5-17)25(2)8-9-25/h4-7,12-16H,8-11H2,1-3H3. The van der Waals surface area contributed by atoms with Crippen LogP contribution in [0.15, 0.2) is 49.1 Å². The molecule has 158 valence electrons. The van der Waals surface area contributed by atoms with Crippen molar-refractivity contribution in [3.05, 3.63) is 75.8 Å². The van der Waals surface area contributed by atoms with Crippen molar-refractivity contribution in [1.29, 1.82) is 0 Å². The fraction of sp³-hybridized carbons (Fsp3) is 0.360. The number of hydrogen-bond acceptors (Lipinski definition) is 5. The van der Waals surface area contributed by atoms with Crippen molar-refractivity contribution in [1.82, 2.24) is 19.5 Å². The Bertz CT molecular complexity index is 1250. The van der Waals surface area contributed by atoms with Crippen LogP contribution in [0, 0.1) is 0 Å². The third-order valence-corrected chi connectivity index (χ3v) is 7.68. The van der Waals surface area contributed by atoms with E-state index in [1.165, 1.54) is 24.0 Å². The lowest BCUT2D eigenvalue weighted by molar-refractivity contribution is 0.0971. The molecule has 0 spiro atoms. The number of rotatable bonds is 7. The van der Waals surface area contributed by atoms with Gasteiger partial charge < -0.3 is 4.57 Å². The lowest BCUT2D eigenvalue weighted by Crippen LogP contribution is -2.06. The van der Waals surface area contributed by atoms with Crippen molar-refractivity contribution >= 4 is 28.2 Å². The Labute approximate surface area is 186 Å². The van der Waals surface area contributed by atoms with E-state index in [0.29, 0.717) is 17.5 Å². The number of thiazole rings is 1. The number of carbonyl (C=O) groups is 1. The summed E-state index contributed by atoms with van der Waals surface area (Å²) in [6.45, 7) is 4.42. The van der Waals surface area contributed by atoms with Gasteiger partial charge in [-0.25, -0.2) is 9.97 Å². The SMILES string of the molecule is CC(CC(=O)c1cc2c(cn1)ncn2C)c1cnc(Cc2ccc(C3(C)CC3)cc2)s1. The lowest BCUT2D eigenvalue weighted by Gasteiger charge is -2.09. The molecule has 1 atom stereocenters. The van der Waals surface area contributed by atoms with Crippen molar-refractivity contribution in [2.75, 3.05) is 0 Å². The minimum absolute atomic E-state index is 0.0507. The number of aromatic nitrogens is 4. The first-order valence-electron chi connectivity index (χ1n) is 10.8. The molecule has 1 aromatic carbocycles. The van der Waals surface area contributed by atoms with Gasteiger partial charge in [-0.05, 0) is 41.4 Å². The molecule has 1 saturated carbocycles. The van der Waals surface area contributed by atoms with Crippen LogP contribution in [0.1, 0.15) is 70.5 Å². The van der Waals surface area contributed by atoms with Gasteiger partial charge in [-0.3, -0.25) is 9.78 Å².